The van der Waals surface area contributed by atoms with Gasteiger partial charge in [0.1, 0.15) is 13.2 Å². The Kier molecular flexibility index (Phi) is 11.6. The number of fused-ring (bicyclic) bond motifs is 3. The normalized spacial score (nSPS) is 15.7. The average Bonchev–Trinajstić information content (AvgIpc) is 3.13. The molecule has 8 nitrogen and oxygen atoms in total. The Balaban J connectivity index is 1.11. The van der Waals surface area contributed by atoms with Gasteiger partial charge in [-0.3, -0.25) is 9.59 Å². The van der Waals surface area contributed by atoms with Crippen LogP contribution in [0, 0.1) is 0 Å². The molecule has 10 bridgehead atoms. The van der Waals surface area contributed by atoms with E-state index in [1.165, 1.54) is 11.1 Å². The predicted octanol–water partition coefficient (Wildman–Crippen LogP) is 5.14. The molecule has 12 rings (SSSR count). The summed E-state index contributed by atoms with van der Waals surface area (Å²) < 4.78 is 26.4. The summed E-state index contributed by atoms with van der Waals surface area (Å²) in [7, 11) is 0. The van der Waals surface area contributed by atoms with Crippen molar-refractivity contribution in [3.8, 4) is 22.3 Å². The number of ether oxygens (including phenoxy) is 4. The molecular formula is C40H40N2O6+2. The van der Waals surface area contributed by atoms with E-state index < -0.39 is 0 Å². The van der Waals surface area contributed by atoms with Crippen LogP contribution in [0.4, 0.5) is 0 Å². The van der Waals surface area contributed by atoms with E-state index >= 15 is 0 Å². The van der Waals surface area contributed by atoms with E-state index in [1.54, 1.807) is 0 Å². The van der Waals surface area contributed by atoms with Crippen molar-refractivity contribution >= 4 is 11.6 Å². The fraction of sp³-hybridized carbons (Fsp3) is 0.250. The molecule has 0 amide bonds. The number of carbonyl (C=O) groups excluding carboxylic acids is 2. The van der Waals surface area contributed by atoms with Crippen LogP contribution in [-0.2, 0) is 32.0 Å². The fourth-order valence-corrected chi connectivity index (χ4v) is 5.43. The summed E-state index contributed by atoms with van der Waals surface area (Å²) in [5.74, 6) is -0.144. The number of benzene rings is 3. The Morgan fingerprint density at radius 1 is 0.354 bits per heavy atom. The molecule has 0 saturated carbocycles. The number of hydrogen-bond donors (Lipinski definition) is 0. The second-order valence-corrected chi connectivity index (χ2v) is 11.7. The zero-order valence-electron chi connectivity index (χ0n) is 27.0. The lowest BCUT2D eigenvalue weighted by Gasteiger charge is -2.08. The smallest absolute Gasteiger partial charge is 0.188 e. The Bertz CT molecular complexity index is 1640. The minimum Gasteiger partial charge on any atom is -0.377 e. The van der Waals surface area contributed by atoms with Crippen LogP contribution in [0.25, 0.3) is 22.3 Å². The number of pyridine rings is 2. The number of ketones is 2. The Morgan fingerprint density at radius 2 is 0.646 bits per heavy atom. The number of carbonyl (C=O) groups is 2. The first kappa shape index (κ1) is 33.1. The molecular weight excluding hydrogens is 604 g/mol. The van der Waals surface area contributed by atoms with Gasteiger partial charge in [-0.25, -0.2) is 9.13 Å². The third-order valence-corrected chi connectivity index (χ3v) is 8.20. The minimum atomic E-state index is -0.0722. The molecule has 244 valence electrons. The number of hydrogen-bond acceptors (Lipinski definition) is 6. The van der Waals surface area contributed by atoms with Crippen LogP contribution >= 0.6 is 0 Å². The third kappa shape index (κ3) is 9.36. The van der Waals surface area contributed by atoms with Crippen LogP contribution in [0.3, 0.4) is 0 Å². The molecule has 0 N–H and O–H groups in total. The second kappa shape index (κ2) is 16.8. The molecule has 2 aromatic heterocycles. The number of rotatable bonds is 0. The Morgan fingerprint density at radius 3 is 1.00 bits per heavy atom. The molecule has 0 radical (unpaired) electrons. The molecule has 48 heavy (non-hydrogen) atoms. The first-order valence-electron chi connectivity index (χ1n) is 16.2. The fourth-order valence-electron chi connectivity index (χ4n) is 5.43. The van der Waals surface area contributed by atoms with Gasteiger partial charge in [-0.1, -0.05) is 72.8 Å². The first-order valence-corrected chi connectivity index (χ1v) is 16.2. The number of aromatic nitrogens is 2. The molecule has 7 aliphatic heterocycles. The van der Waals surface area contributed by atoms with Gasteiger partial charge in [-0.05, 0) is 22.3 Å². The van der Waals surface area contributed by atoms with Crippen LogP contribution in [0.1, 0.15) is 31.8 Å². The van der Waals surface area contributed by atoms with Gasteiger partial charge in [0.2, 0.25) is 0 Å². The van der Waals surface area contributed by atoms with E-state index in [2.05, 4.69) is 82.5 Å². The SMILES string of the molecule is O=C1COCCOCCOCCOCC(=O)c2ccc(cc2)-c2cc[n+](cc2)Cc2ccc(cc2)C[n+]2ccc(cc2)-c2ccc1cc2. The second-order valence-electron chi connectivity index (χ2n) is 11.7. The molecule has 0 saturated heterocycles. The summed E-state index contributed by atoms with van der Waals surface area (Å²) in [6, 6.07) is 32.3. The molecule has 0 spiro atoms. The summed E-state index contributed by atoms with van der Waals surface area (Å²) >= 11 is 0. The zero-order chi connectivity index (χ0) is 33.0. The van der Waals surface area contributed by atoms with Crippen LogP contribution in [0.15, 0.2) is 122 Å². The molecule has 3 aromatic carbocycles. The van der Waals surface area contributed by atoms with Crippen molar-refractivity contribution in [3.63, 3.8) is 0 Å². The van der Waals surface area contributed by atoms with Crippen molar-refractivity contribution in [1.29, 1.82) is 0 Å². The topological polar surface area (TPSA) is 78.8 Å². The maximum atomic E-state index is 12.6. The summed E-state index contributed by atoms with van der Waals surface area (Å²) in [5.41, 5.74) is 7.94. The van der Waals surface area contributed by atoms with Crippen molar-refractivity contribution in [3.05, 3.63) is 144 Å². The largest absolute Gasteiger partial charge is 0.377 e. The Labute approximate surface area is 281 Å². The summed E-state index contributed by atoms with van der Waals surface area (Å²) in [6.07, 6.45) is 8.32. The van der Waals surface area contributed by atoms with Crippen molar-refractivity contribution in [1.82, 2.24) is 0 Å². The van der Waals surface area contributed by atoms with E-state index in [0.717, 1.165) is 35.3 Å². The van der Waals surface area contributed by atoms with E-state index in [0.29, 0.717) is 50.8 Å². The lowest BCUT2D eigenvalue weighted by molar-refractivity contribution is -0.688. The quantitative estimate of drug-likeness (QED) is 0.218. The van der Waals surface area contributed by atoms with E-state index in [4.69, 9.17) is 18.9 Å². The Hall–Kier alpha value is -4.86. The summed E-state index contributed by atoms with van der Waals surface area (Å²) in [5, 5.41) is 0. The van der Waals surface area contributed by atoms with Crippen molar-refractivity contribution in [2.45, 2.75) is 13.1 Å². The molecule has 8 heteroatoms. The zero-order valence-corrected chi connectivity index (χ0v) is 27.0. The standard InChI is InChI=1S/C40H40N2O6/c43-39-29-47-25-23-45-21-22-46-24-26-48-30-40(44)38-11-7-34(8-12-38)36-15-19-42(20-16-36)28-32-2-1-31(3-4-32)27-41-17-13-35(14-18-41)33-5-9-37(39)10-6-33/h1-20H,21-30H2/q+2. The highest BCUT2D eigenvalue weighted by Crippen LogP contribution is 2.20. The molecule has 9 heterocycles. The molecule has 0 atom stereocenters. The molecule has 0 aliphatic carbocycles. The van der Waals surface area contributed by atoms with Crippen LogP contribution in [-0.4, -0.2) is 64.4 Å². The van der Waals surface area contributed by atoms with Gasteiger partial charge in [-0.2, -0.15) is 0 Å². The molecule has 0 unspecified atom stereocenters. The van der Waals surface area contributed by atoms with Crippen LogP contribution in [0.2, 0.25) is 0 Å². The number of Topliss-reactive ketones (excluding diaryl/α,β-unsaturated/α-hetero) is 2. The first-order chi connectivity index (χ1) is 23.6. The third-order valence-electron chi connectivity index (χ3n) is 8.20. The van der Waals surface area contributed by atoms with Gasteiger partial charge in [0.05, 0.1) is 39.6 Å². The highest BCUT2D eigenvalue weighted by atomic mass is 16.6. The predicted molar refractivity (Wildman–Crippen MR) is 181 cm³/mol. The van der Waals surface area contributed by atoms with Gasteiger partial charge in [-0.15, -0.1) is 0 Å². The van der Waals surface area contributed by atoms with Crippen molar-refractivity contribution in [2.24, 2.45) is 0 Å². The van der Waals surface area contributed by atoms with Gasteiger partial charge in [0.15, 0.2) is 49.4 Å². The molecule has 7 aliphatic rings. The van der Waals surface area contributed by atoms with E-state index in [9.17, 15) is 9.59 Å². The van der Waals surface area contributed by atoms with Gasteiger partial charge < -0.3 is 18.9 Å². The van der Waals surface area contributed by atoms with Crippen molar-refractivity contribution in [2.75, 3.05) is 52.9 Å². The highest BCUT2D eigenvalue weighted by Gasteiger charge is 2.11. The average molecular weight is 645 g/mol. The molecule has 0 fully saturated rings. The maximum Gasteiger partial charge on any atom is 0.188 e. The lowest BCUT2D eigenvalue weighted by Crippen LogP contribution is -2.33. The maximum absolute atomic E-state index is 12.6. The summed E-state index contributed by atoms with van der Waals surface area (Å²) in [4.78, 5) is 25.2. The van der Waals surface area contributed by atoms with Crippen LogP contribution in [0.5, 0.6) is 0 Å². The van der Waals surface area contributed by atoms with E-state index in [1.807, 2.05) is 48.5 Å². The summed E-state index contributed by atoms with van der Waals surface area (Å²) in [6.45, 7) is 3.69. The van der Waals surface area contributed by atoms with Crippen LogP contribution < -0.4 is 9.13 Å². The van der Waals surface area contributed by atoms with Gasteiger partial charge in [0, 0.05) is 46.5 Å². The minimum absolute atomic E-state index is 0.00242. The monoisotopic (exact) mass is 644 g/mol. The molecule has 5 aromatic rings. The number of nitrogens with zero attached hydrogens (tertiary/aromatic N) is 2. The van der Waals surface area contributed by atoms with Gasteiger partial charge >= 0.3 is 0 Å². The van der Waals surface area contributed by atoms with Crippen molar-refractivity contribution < 1.29 is 37.7 Å². The highest BCUT2D eigenvalue weighted by molar-refractivity contribution is 5.98. The van der Waals surface area contributed by atoms with E-state index in [-0.39, 0.29) is 24.8 Å². The van der Waals surface area contributed by atoms with Gasteiger partial charge in [0.25, 0.3) is 0 Å². The lowest BCUT2D eigenvalue weighted by atomic mass is 10.0.